The van der Waals surface area contributed by atoms with Crippen molar-refractivity contribution < 1.29 is 19.0 Å². The number of aromatic hydroxyl groups is 1. The normalized spacial score (nSPS) is 13.8. The summed E-state index contributed by atoms with van der Waals surface area (Å²) in [6.07, 6.45) is 1.83. The summed E-state index contributed by atoms with van der Waals surface area (Å²) in [5.74, 6) is 0.284. The molecule has 1 aliphatic heterocycles. The molecule has 0 unspecified atom stereocenters. The summed E-state index contributed by atoms with van der Waals surface area (Å²) < 4.78 is 23.7. The van der Waals surface area contributed by atoms with E-state index in [1.54, 1.807) is 15.1 Å². The van der Waals surface area contributed by atoms with Gasteiger partial charge < -0.3 is 15.2 Å². The van der Waals surface area contributed by atoms with E-state index >= 15 is 0 Å². The fourth-order valence-electron chi connectivity index (χ4n) is 5.85. The fraction of sp³-hybridized carbons (Fsp3) is 0.263. The van der Waals surface area contributed by atoms with E-state index in [2.05, 4.69) is 58.6 Å². The van der Waals surface area contributed by atoms with Crippen molar-refractivity contribution >= 4 is 29.3 Å². The number of carbonyl (C=O) groups is 1. The average molecular weight is 707 g/mol. The van der Waals surface area contributed by atoms with Gasteiger partial charge in [0.05, 0.1) is 30.2 Å². The molecule has 2 amide bonds. The Morgan fingerprint density at radius 2 is 1.80 bits per heavy atom. The molecule has 0 spiro atoms. The van der Waals surface area contributed by atoms with Crippen molar-refractivity contribution in [3.63, 3.8) is 0 Å². The smallest absolute Gasteiger partial charge is 0.320 e. The third-order valence-corrected chi connectivity index (χ3v) is 9.69. The number of carbonyl (C=O) groups excluding carboxylic acids is 1. The van der Waals surface area contributed by atoms with E-state index in [4.69, 9.17) is 9.84 Å². The Morgan fingerprint density at radius 3 is 2.63 bits per heavy atom. The van der Waals surface area contributed by atoms with E-state index < -0.39 is 5.82 Å². The second-order valence-electron chi connectivity index (χ2n) is 13.4. The molecule has 0 saturated carbocycles. The van der Waals surface area contributed by atoms with E-state index in [1.807, 2.05) is 54.7 Å². The van der Waals surface area contributed by atoms with Crippen molar-refractivity contribution in [2.75, 3.05) is 31.6 Å². The molecule has 51 heavy (non-hydrogen) atoms. The zero-order chi connectivity index (χ0) is 35.5. The first-order chi connectivity index (χ1) is 24.6. The zero-order valence-electron chi connectivity index (χ0n) is 28.6. The maximum Gasteiger partial charge on any atom is 0.320 e. The van der Waals surface area contributed by atoms with Crippen LogP contribution in [0.25, 0.3) is 22.7 Å². The number of hydrogen-bond acceptors (Lipinski definition) is 8. The van der Waals surface area contributed by atoms with Gasteiger partial charge in [-0.15, -0.1) is 10.2 Å². The Morgan fingerprint density at radius 1 is 0.980 bits per heavy atom. The number of anilines is 1. The summed E-state index contributed by atoms with van der Waals surface area (Å²) in [7, 11) is 0. The molecule has 0 atom stereocenters. The monoisotopic (exact) mass is 706 g/mol. The third kappa shape index (κ3) is 7.90. The van der Waals surface area contributed by atoms with E-state index in [-0.39, 0.29) is 35.1 Å². The molecular formula is C38H39FN8O3S. The Hall–Kier alpha value is -5.24. The highest BCUT2D eigenvalue weighted by Crippen LogP contribution is 2.33. The minimum Gasteiger partial charge on any atom is -0.508 e. The van der Waals surface area contributed by atoms with Crippen LogP contribution in [0.15, 0.2) is 101 Å². The minimum atomic E-state index is -0.509. The third-order valence-electron chi connectivity index (χ3n) is 8.59. The van der Waals surface area contributed by atoms with Crippen LogP contribution in [0.1, 0.15) is 37.6 Å². The summed E-state index contributed by atoms with van der Waals surface area (Å²) >= 11 is 1.50. The van der Waals surface area contributed by atoms with Crippen LogP contribution in [0.3, 0.4) is 0 Å². The molecule has 3 aromatic carbocycles. The molecule has 4 heterocycles. The zero-order valence-corrected chi connectivity index (χ0v) is 29.5. The molecule has 13 heteroatoms. The van der Waals surface area contributed by atoms with Gasteiger partial charge in [-0.3, -0.25) is 14.6 Å². The molecule has 1 aliphatic rings. The second-order valence-corrected chi connectivity index (χ2v) is 14.5. The number of nitrogens with zero attached hydrogens (tertiary/aromatic N) is 6. The van der Waals surface area contributed by atoms with Crippen LogP contribution in [0.4, 0.5) is 15.0 Å². The van der Waals surface area contributed by atoms with Crippen LogP contribution < -0.4 is 10.6 Å². The van der Waals surface area contributed by atoms with E-state index in [0.29, 0.717) is 11.5 Å². The lowest BCUT2D eigenvalue weighted by atomic mass is 9.92. The predicted molar refractivity (Wildman–Crippen MR) is 195 cm³/mol. The number of hydrogen-bond donors (Lipinski definition) is 3. The number of nitrogens with one attached hydrogen (secondary N) is 2. The lowest BCUT2D eigenvalue weighted by Gasteiger charge is -2.26. The Bertz CT molecular complexity index is 2190. The first kappa shape index (κ1) is 34.2. The Kier molecular flexibility index (Phi) is 9.76. The number of morpholine rings is 1. The molecule has 7 rings (SSSR count). The lowest BCUT2D eigenvalue weighted by Crippen LogP contribution is -2.35. The summed E-state index contributed by atoms with van der Waals surface area (Å²) in [5.41, 5.74) is 4.27. The maximum absolute atomic E-state index is 14.7. The number of fused-ring (bicyclic) bond motifs is 1. The van der Waals surface area contributed by atoms with Crippen LogP contribution in [0.2, 0.25) is 0 Å². The SMILES string of the molecule is CC(C)(C)c1cc(NC(=O)NCc2ccccc2Sc2ccc3nnc(-c4cc(O)ccc4F)n3c2)n(-c2cccc(CN3CCOCC3)c2)n1. The first-order valence-electron chi connectivity index (χ1n) is 16.7. The van der Waals surface area contributed by atoms with Gasteiger partial charge in [0.25, 0.3) is 0 Å². The van der Waals surface area contributed by atoms with Gasteiger partial charge in [-0.05, 0) is 59.7 Å². The highest BCUT2D eigenvalue weighted by molar-refractivity contribution is 7.99. The summed E-state index contributed by atoms with van der Waals surface area (Å²) in [6.45, 7) is 10.7. The Labute approximate surface area is 299 Å². The summed E-state index contributed by atoms with van der Waals surface area (Å²) in [5, 5.41) is 29.3. The number of amides is 2. The van der Waals surface area contributed by atoms with Crippen LogP contribution in [0, 0.1) is 5.82 Å². The number of benzene rings is 3. The predicted octanol–water partition coefficient (Wildman–Crippen LogP) is 7.03. The van der Waals surface area contributed by atoms with Gasteiger partial charge in [-0.1, -0.05) is 62.9 Å². The van der Waals surface area contributed by atoms with Crippen molar-refractivity contribution in [3.8, 4) is 22.8 Å². The number of pyridine rings is 1. The first-order valence-corrected chi connectivity index (χ1v) is 17.6. The van der Waals surface area contributed by atoms with Crippen LogP contribution in [-0.4, -0.2) is 66.7 Å². The Balaban J connectivity index is 1.07. The van der Waals surface area contributed by atoms with Gasteiger partial charge in [-0.25, -0.2) is 13.9 Å². The number of ether oxygens (including phenoxy) is 1. The van der Waals surface area contributed by atoms with Crippen molar-refractivity contribution in [2.45, 2.75) is 49.1 Å². The molecular weight excluding hydrogens is 668 g/mol. The van der Waals surface area contributed by atoms with Crippen molar-refractivity contribution in [1.82, 2.24) is 34.6 Å². The molecule has 3 aromatic heterocycles. The van der Waals surface area contributed by atoms with Gasteiger partial charge in [0.1, 0.15) is 17.4 Å². The van der Waals surface area contributed by atoms with Gasteiger partial charge in [0.15, 0.2) is 11.5 Å². The van der Waals surface area contributed by atoms with Gasteiger partial charge in [-0.2, -0.15) is 5.10 Å². The van der Waals surface area contributed by atoms with Crippen LogP contribution in [0.5, 0.6) is 5.75 Å². The number of halogens is 1. The summed E-state index contributed by atoms with van der Waals surface area (Å²) in [4.78, 5) is 17.6. The van der Waals surface area contributed by atoms with E-state index in [9.17, 15) is 14.3 Å². The number of aromatic nitrogens is 5. The quantitative estimate of drug-likeness (QED) is 0.147. The molecule has 1 fully saturated rings. The van der Waals surface area contributed by atoms with E-state index in [1.165, 1.54) is 30.0 Å². The number of rotatable bonds is 9. The number of phenols is 1. The molecule has 262 valence electrons. The van der Waals surface area contributed by atoms with Gasteiger partial charge in [0, 0.05) is 53.6 Å². The fourth-order valence-corrected chi connectivity index (χ4v) is 6.82. The molecule has 1 saturated heterocycles. The minimum absolute atomic E-state index is 0.0630. The molecule has 0 radical (unpaired) electrons. The van der Waals surface area contributed by atoms with Crippen LogP contribution >= 0.6 is 11.8 Å². The number of urea groups is 1. The molecule has 0 bridgehead atoms. The average Bonchev–Trinajstić information content (AvgIpc) is 3.74. The van der Waals surface area contributed by atoms with Crippen molar-refractivity contribution in [3.05, 3.63) is 114 Å². The van der Waals surface area contributed by atoms with Gasteiger partial charge >= 0.3 is 6.03 Å². The molecule has 6 aromatic rings. The molecule has 11 nitrogen and oxygen atoms in total. The van der Waals surface area contributed by atoms with Crippen molar-refractivity contribution in [1.29, 1.82) is 0 Å². The van der Waals surface area contributed by atoms with Crippen LogP contribution in [-0.2, 0) is 23.2 Å². The lowest BCUT2D eigenvalue weighted by molar-refractivity contribution is 0.0342. The maximum atomic E-state index is 14.7. The van der Waals surface area contributed by atoms with Crippen molar-refractivity contribution in [2.24, 2.45) is 0 Å². The second kappa shape index (κ2) is 14.5. The molecule has 3 N–H and O–H groups in total. The highest BCUT2D eigenvalue weighted by atomic mass is 32.2. The largest absolute Gasteiger partial charge is 0.508 e. The standard InChI is InChI=1S/C38H39FN8O3S/c1-38(2,3)33-21-35(47(44-33)27-9-6-7-25(19-27)23-45-15-17-50-18-16-45)41-37(49)40-22-26-8-4-5-10-32(26)51-29-12-14-34-42-43-36(46(34)24-29)30-20-28(48)11-13-31(30)39/h4-14,19-21,24,48H,15-18,22-23H2,1-3H3,(H2,40,41,49). The van der Waals surface area contributed by atoms with Gasteiger partial charge in [0.2, 0.25) is 0 Å². The summed E-state index contributed by atoms with van der Waals surface area (Å²) in [6, 6.07) is 25.2. The van der Waals surface area contributed by atoms with E-state index in [0.717, 1.165) is 65.1 Å². The number of phenolic OH excluding ortho intramolecular Hbond substituents is 1. The molecule has 0 aliphatic carbocycles. The highest BCUT2D eigenvalue weighted by Gasteiger charge is 2.22. The topological polar surface area (TPSA) is 122 Å².